The van der Waals surface area contributed by atoms with E-state index in [1.165, 1.54) is 6.92 Å². The molecule has 0 heterocycles. The maximum absolute atomic E-state index is 11.3. The number of carboxylic acids is 1. The molecule has 17 heavy (non-hydrogen) atoms. The van der Waals surface area contributed by atoms with E-state index in [2.05, 4.69) is 10.6 Å². The van der Waals surface area contributed by atoms with Gasteiger partial charge in [-0.25, -0.2) is 4.79 Å². The largest absolute Gasteiger partial charge is 0.480 e. The van der Waals surface area contributed by atoms with E-state index in [4.69, 9.17) is 10.8 Å². The van der Waals surface area contributed by atoms with Crippen molar-refractivity contribution < 1.29 is 19.5 Å². The van der Waals surface area contributed by atoms with Crippen molar-refractivity contribution in [1.29, 1.82) is 0 Å². The van der Waals surface area contributed by atoms with Crippen LogP contribution in [0.1, 0.15) is 26.2 Å². The van der Waals surface area contributed by atoms with E-state index >= 15 is 0 Å². The summed E-state index contributed by atoms with van der Waals surface area (Å²) in [6.45, 7) is 1.56. The monoisotopic (exact) mass is 245 g/mol. The van der Waals surface area contributed by atoms with E-state index in [1.807, 2.05) is 0 Å². The van der Waals surface area contributed by atoms with Crippen LogP contribution in [0.15, 0.2) is 0 Å². The Bertz CT molecular complexity index is 281. The van der Waals surface area contributed by atoms with Crippen LogP contribution in [-0.2, 0) is 14.4 Å². The second-order valence-corrected chi connectivity index (χ2v) is 3.65. The molecule has 0 aliphatic rings. The Kier molecular flexibility index (Phi) is 7.70. The van der Waals surface area contributed by atoms with Gasteiger partial charge in [0.25, 0.3) is 0 Å². The number of hydrogen-bond acceptors (Lipinski definition) is 4. The molecule has 0 aromatic carbocycles. The van der Waals surface area contributed by atoms with Crippen molar-refractivity contribution >= 4 is 17.8 Å². The third-order valence-electron chi connectivity index (χ3n) is 2.08. The summed E-state index contributed by atoms with van der Waals surface area (Å²) in [4.78, 5) is 32.7. The van der Waals surface area contributed by atoms with Crippen LogP contribution >= 0.6 is 0 Å². The van der Waals surface area contributed by atoms with E-state index < -0.39 is 17.9 Å². The Morgan fingerprint density at radius 3 is 2.41 bits per heavy atom. The standard InChI is InChI=1S/C10H19N3O4/c1-7(14)12-6-9(15)13-8(10(16)17)4-2-3-5-11/h8H,2-6,11H2,1H3,(H,12,14)(H,13,15)(H,16,17). The van der Waals surface area contributed by atoms with Crippen molar-refractivity contribution in [2.24, 2.45) is 5.73 Å². The highest BCUT2D eigenvalue weighted by molar-refractivity contribution is 5.87. The van der Waals surface area contributed by atoms with Crippen molar-refractivity contribution in [3.05, 3.63) is 0 Å². The summed E-state index contributed by atoms with van der Waals surface area (Å²) in [6.07, 6.45) is 1.68. The molecule has 7 heteroatoms. The van der Waals surface area contributed by atoms with E-state index in [-0.39, 0.29) is 12.5 Å². The average Bonchev–Trinajstić information content (AvgIpc) is 2.25. The number of hydrogen-bond donors (Lipinski definition) is 4. The maximum atomic E-state index is 11.3. The van der Waals surface area contributed by atoms with E-state index in [9.17, 15) is 14.4 Å². The molecule has 0 saturated heterocycles. The van der Waals surface area contributed by atoms with Crippen LogP contribution in [0.5, 0.6) is 0 Å². The van der Waals surface area contributed by atoms with Crippen LogP contribution in [0.3, 0.4) is 0 Å². The number of rotatable bonds is 8. The van der Waals surface area contributed by atoms with E-state index in [0.717, 1.165) is 0 Å². The highest BCUT2D eigenvalue weighted by Gasteiger charge is 2.18. The number of aliphatic carboxylic acids is 1. The predicted molar refractivity (Wildman–Crippen MR) is 61.2 cm³/mol. The third kappa shape index (κ3) is 8.21. The van der Waals surface area contributed by atoms with Crippen molar-refractivity contribution in [3.63, 3.8) is 0 Å². The predicted octanol–water partition coefficient (Wildman–Crippen LogP) is -1.18. The third-order valence-corrected chi connectivity index (χ3v) is 2.08. The van der Waals surface area contributed by atoms with Gasteiger partial charge in [-0.1, -0.05) is 0 Å². The van der Waals surface area contributed by atoms with Crippen LogP contribution in [0.25, 0.3) is 0 Å². The molecule has 5 N–H and O–H groups in total. The molecule has 0 aromatic heterocycles. The molecule has 0 bridgehead atoms. The summed E-state index contributed by atoms with van der Waals surface area (Å²) in [7, 11) is 0. The van der Waals surface area contributed by atoms with Crippen molar-refractivity contribution in [2.45, 2.75) is 32.2 Å². The van der Waals surface area contributed by atoms with Gasteiger partial charge in [0.15, 0.2) is 0 Å². The molecule has 98 valence electrons. The molecule has 1 unspecified atom stereocenters. The fourth-order valence-corrected chi connectivity index (χ4v) is 1.20. The summed E-state index contributed by atoms with van der Waals surface area (Å²) in [5, 5.41) is 13.5. The summed E-state index contributed by atoms with van der Waals surface area (Å²) >= 11 is 0. The first-order valence-corrected chi connectivity index (χ1v) is 5.44. The normalized spacial score (nSPS) is 11.6. The first kappa shape index (κ1) is 15.4. The topological polar surface area (TPSA) is 122 Å². The maximum Gasteiger partial charge on any atom is 0.326 e. The zero-order valence-corrected chi connectivity index (χ0v) is 9.86. The van der Waals surface area contributed by atoms with Gasteiger partial charge in [0.1, 0.15) is 6.04 Å². The molecule has 0 radical (unpaired) electrons. The van der Waals surface area contributed by atoms with Crippen LogP contribution in [0.2, 0.25) is 0 Å². The lowest BCUT2D eigenvalue weighted by molar-refractivity contribution is -0.141. The Labute approximate surface area is 99.7 Å². The highest BCUT2D eigenvalue weighted by Crippen LogP contribution is 2.00. The summed E-state index contributed by atoms with van der Waals surface area (Å²) in [5.74, 6) is -1.94. The average molecular weight is 245 g/mol. The lowest BCUT2D eigenvalue weighted by Crippen LogP contribution is -2.45. The SMILES string of the molecule is CC(=O)NCC(=O)NC(CCCCN)C(=O)O. The van der Waals surface area contributed by atoms with Gasteiger partial charge in [-0.05, 0) is 25.8 Å². The first-order valence-electron chi connectivity index (χ1n) is 5.44. The summed E-state index contributed by atoms with van der Waals surface area (Å²) < 4.78 is 0. The lowest BCUT2D eigenvalue weighted by atomic mass is 10.1. The molecule has 1 atom stereocenters. The fourth-order valence-electron chi connectivity index (χ4n) is 1.20. The number of amides is 2. The highest BCUT2D eigenvalue weighted by atomic mass is 16.4. The van der Waals surface area contributed by atoms with Gasteiger partial charge in [-0.15, -0.1) is 0 Å². The zero-order chi connectivity index (χ0) is 13.3. The number of carboxylic acid groups (broad SMARTS) is 1. The van der Waals surface area contributed by atoms with Gasteiger partial charge in [0, 0.05) is 6.92 Å². The van der Waals surface area contributed by atoms with Crippen LogP contribution in [0, 0.1) is 0 Å². The van der Waals surface area contributed by atoms with Crippen LogP contribution in [-0.4, -0.2) is 42.0 Å². The van der Waals surface area contributed by atoms with Crippen molar-refractivity contribution in [3.8, 4) is 0 Å². The van der Waals surface area contributed by atoms with E-state index in [0.29, 0.717) is 25.8 Å². The molecular weight excluding hydrogens is 226 g/mol. The van der Waals surface area contributed by atoms with Crippen molar-refractivity contribution in [1.82, 2.24) is 10.6 Å². The quantitative estimate of drug-likeness (QED) is 0.401. The van der Waals surface area contributed by atoms with E-state index in [1.54, 1.807) is 0 Å². The molecule has 2 amide bonds. The van der Waals surface area contributed by atoms with Gasteiger partial charge >= 0.3 is 5.97 Å². The molecule has 0 aromatic rings. The molecule has 0 aliphatic carbocycles. The Morgan fingerprint density at radius 2 is 1.94 bits per heavy atom. The van der Waals surface area contributed by atoms with Crippen LogP contribution < -0.4 is 16.4 Å². The smallest absolute Gasteiger partial charge is 0.326 e. The second-order valence-electron chi connectivity index (χ2n) is 3.65. The number of nitrogens with two attached hydrogens (primary N) is 1. The van der Waals surface area contributed by atoms with Gasteiger partial charge in [0.2, 0.25) is 11.8 Å². The van der Waals surface area contributed by atoms with Gasteiger partial charge in [-0.2, -0.15) is 0 Å². The lowest BCUT2D eigenvalue weighted by Gasteiger charge is -2.14. The summed E-state index contributed by atoms with van der Waals surface area (Å²) in [6, 6.07) is -0.928. The molecule has 7 nitrogen and oxygen atoms in total. The molecule has 0 rings (SSSR count). The number of nitrogens with one attached hydrogen (secondary N) is 2. The fraction of sp³-hybridized carbons (Fsp3) is 0.700. The summed E-state index contributed by atoms with van der Waals surface area (Å²) in [5.41, 5.74) is 5.29. The minimum atomic E-state index is -1.09. The Balaban J connectivity index is 4.02. The number of carbonyl (C=O) groups is 3. The van der Waals surface area contributed by atoms with Gasteiger partial charge < -0.3 is 21.5 Å². The Morgan fingerprint density at radius 1 is 1.29 bits per heavy atom. The minimum absolute atomic E-state index is 0.212. The number of unbranched alkanes of at least 4 members (excludes halogenated alkanes) is 1. The molecule has 0 spiro atoms. The second kappa shape index (κ2) is 8.51. The molecule has 0 aliphatic heterocycles. The molecule has 0 saturated carbocycles. The van der Waals surface area contributed by atoms with Crippen molar-refractivity contribution in [2.75, 3.05) is 13.1 Å². The molecular formula is C10H19N3O4. The zero-order valence-electron chi connectivity index (χ0n) is 9.86. The Hall–Kier alpha value is -1.63. The van der Waals surface area contributed by atoms with Gasteiger partial charge in [-0.3, -0.25) is 9.59 Å². The first-order chi connectivity index (χ1) is 7.97. The minimum Gasteiger partial charge on any atom is -0.480 e. The van der Waals surface area contributed by atoms with Gasteiger partial charge in [0.05, 0.1) is 6.54 Å². The van der Waals surface area contributed by atoms with Crippen LogP contribution in [0.4, 0.5) is 0 Å². The number of carbonyl (C=O) groups excluding carboxylic acids is 2. The molecule has 0 fully saturated rings.